The van der Waals surface area contributed by atoms with Crippen molar-refractivity contribution < 1.29 is 66.3 Å². The number of carbonyl (C=O) groups excluding carboxylic acids is 5. The molecular weight excluding hydrogens is 612 g/mol. The van der Waals surface area contributed by atoms with E-state index in [9.17, 15) is 28.8 Å². The molecule has 0 radical (unpaired) electrons. The SMILES string of the molecule is COc1c(OC(=O)c2ccccc2)c(=O)oc2cc(O[C@@H]3O[C@H](COC(C)=O)[C@H](OC(C)=O)[C@H](OC(C)=O)[C@H]3OC(C)=O)ccc12. The summed E-state index contributed by atoms with van der Waals surface area (Å²) in [5.74, 6) is -4.46. The van der Waals surface area contributed by atoms with Crippen LogP contribution in [0.4, 0.5) is 0 Å². The topological polar surface area (TPSA) is 189 Å². The van der Waals surface area contributed by atoms with Crippen LogP contribution in [0, 0.1) is 0 Å². The first-order valence-electron chi connectivity index (χ1n) is 13.8. The summed E-state index contributed by atoms with van der Waals surface area (Å²) in [6.07, 6.45) is -7.09. The average molecular weight is 643 g/mol. The van der Waals surface area contributed by atoms with Crippen LogP contribution in [-0.4, -0.2) is 74.3 Å². The van der Waals surface area contributed by atoms with Crippen molar-refractivity contribution in [3.05, 3.63) is 64.5 Å². The minimum absolute atomic E-state index is 0.00707. The number of hydrogen-bond acceptors (Lipinski definition) is 15. The highest BCUT2D eigenvalue weighted by Crippen LogP contribution is 2.36. The number of ether oxygens (including phenoxy) is 8. The molecule has 2 aromatic carbocycles. The van der Waals surface area contributed by atoms with E-state index in [1.165, 1.54) is 37.4 Å². The van der Waals surface area contributed by atoms with Gasteiger partial charge in [-0.15, -0.1) is 0 Å². The van der Waals surface area contributed by atoms with E-state index >= 15 is 0 Å². The second kappa shape index (κ2) is 14.6. The Morgan fingerprint density at radius 1 is 0.761 bits per heavy atom. The highest BCUT2D eigenvalue weighted by Gasteiger charge is 2.53. The van der Waals surface area contributed by atoms with Gasteiger partial charge in [-0.25, -0.2) is 9.59 Å². The molecule has 1 aromatic heterocycles. The van der Waals surface area contributed by atoms with Crippen molar-refractivity contribution in [1.29, 1.82) is 0 Å². The Morgan fingerprint density at radius 2 is 1.39 bits per heavy atom. The summed E-state index contributed by atoms with van der Waals surface area (Å²) >= 11 is 0. The van der Waals surface area contributed by atoms with Gasteiger partial charge >= 0.3 is 35.5 Å². The first kappa shape index (κ1) is 33.5. The summed E-state index contributed by atoms with van der Waals surface area (Å²) < 4.78 is 49.3. The summed E-state index contributed by atoms with van der Waals surface area (Å²) in [5.41, 5.74) is -0.889. The van der Waals surface area contributed by atoms with E-state index in [0.717, 1.165) is 27.7 Å². The zero-order chi connectivity index (χ0) is 33.5. The van der Waals surface area contributed by atoms with Gasteiger partial charge in [0.2, 0.25) is 12.4 Å². The fraction of sp³-hybridized carbons (Fsp3) is 0.355. The summed E-state index contributed by atoms with van der Waals surface area (Å²) in [6.45, 7) is 3.97. The van der Waals surface area contributed by atoms with Crippen LogP contribution in [0.3, 0.4) is 0 Å². The Kier molecular flexibility index (Phi) is 10.6. The third-order valence-electron chi connectivity index (χ3n) is 6.40. The van der Waals surface area contributed by atoms with Crippen molar-refractivity contribution in [2.24, 2.45) is 0 Å². The molecule has 5 atom stereocenters. The molecule has 0 saturated carbocycles. The summed E-state index contributed by atoms with van der Waals surface area (Å²) in [5, 5.41) is 0.229. The Hall–Kier alpha value is -5.44. The van der Waals surface area contributed by atoms with Crippen molar-refractivity contribution >= 4 is 40.8 Å². The van der Waals surface area contributed by atoms with E-state index in [1.54, 1.807) is 18.2 Å². The van der Waals surface area contributed by atoms with Crippen LogP contribution < -0.4 is 19.8 Å². The molecule has 2 heterocycles. The summed E-state index contributed by atoms with van der Waals surface area (Å²) in [7, 11) is 1.27. The number of carbonyl (C=O) groups is 5. The summed E-state index contributed by atoms with van der Waals surface area (Å²) in [4.78, 5) is 73.2. The molecule has 1 aliphatic heterocycles. The fourth-order valence-electron chi connectivity index (χ4n) is 4.64. The molecule has 0 unspecified atom stereocenters. The van der Waals surface area contributed by atoms with Gasteiger partial charge in [0.25, 0.3) is 5.75 Å². The largest absolute Gasteiger partial charge is 0.492 e. The molecule has 4 rings (SSSR count). The molecule has 15 nitrogen and oxygen atoms in total. The highest BCUT2D eigenvalue weighted by atomic mass is 16.7. The van der Waals surface area contributed by atoms with E-state index in [0.29, 0.717) is 0 Å². The molecule has 244 valence electrons. The van der Waals surface area contributed by atoms with Gasteiger partial charge in [-0.2, -0.15) is 0 Å². The van der Waals surface area contributed by atoms with Crippen LogP contribution >= 0.6 is 0 Å². The van der Waals surface area contributed by atoms with E-state index in [2.05, 4.69) is 0 Å². The Bertz CT molecular complexity index is 1680. The summed E-state index contributed by atoms with van der Waals surface area (Å²) in [6, 6.07) is 12.1. The minimum Gasteiger partial charge on any atom is -0.492 e. The lowest BCUT2D eigenvalue weighted by Gasteiger charge is -2.43. The number of fused-ring (bicyclic) bond motifs is 1. The van der Waals surface area contributed by atoms with Crippen molar-refractivity contribution in [2.75, 3.05) is 13.7 Å². The number of rotatable bonds is 10. The lowest BCUT2D eigenvalue weighted by atomic mass is 9.98. The van der Waals surface area contributed by atoms with Gasteiger partial charge in [-0.3, -0.25) is 19.2 Å². The van der Waals surface area contributed by atoms with E-state index in [1.807, 2.05) is 0 Å². The quantitative estimate of drug-likeness (QED) is 0.178. The van der Waals surface area contributed by atoms with Crippen LogP contribution in [0.25, 0.3) is 11.0 Å². The maximum atomic E-state index is 12.9. The first-order chi connectivity index (χ1) is 21.9. The standard InChI is InChI=1S/C31H30O15/c1-15(32)39-14-23-25(40-16(2)33)26(41-17(3)34)28(42-18(4)35)31(45-23)43-20-11-12-21-22(13-20)44-30(37)27(24(21)38-5)46-29(36)19-9-7-6-8-10-19/h6-13,23,25-26,28,31H,14H2,1-5H3/t23-,25+,26+,28-,31-/m1/s1. The van der Waals surface area contributed by atoms with E-state index < -0.39 is 78.5 Å². The molecule has 0 amide bonds. The van der Waals surface area contributed by atoms with Crippen molar-refractivity contribution in [3.8, 4) is 17.2 Å². The highest BCUT2D eigenvalue weighted by molar-refractivity contribution is 5.93. The van der Waals surface area contributed by atoms with Crippen molar-refractivity contribution in [1.82, 2.24) is 0 Å². The third-order valence-corrected chi connectivity index (χ3v) is 6.40. The predicted molar refractivity (Wildman–Crippen MR) is 153 cm³/mol. The second-order valence-electron chi connectivity index (χ2n) is 9.85. The lowest BCUT2D eigenvalue weighted by Crippen LogP contribution is -2.63. The molecule has 46 heavy (non-hydrogen) atoms. The molecule has 3 aromatic rings. The normalized spacial score (nSPS) is 20.6. The maximum absolute atomic E-state index is 12.9. The number of methoxy groups -OCH3 is 1. The molecular formula is C31H30O15. The zero-order valence-corrected chi connectivity index (χ0v) is 25.3. The molecule has 1 aliphatic rings. The monoisotopic (exact) mass is 642 g/mol. The van der Waals surface area contributed by atoms with Gasteiger partial charge in [0.05, 0.1) is 18.1 Å². The molecule has 0 aliphatic carbocycles. The smallest absolute Gasteiger partial charge is 0.383 e. The minimum atomic E-state index is -1.53. The lowest BCUT2D eigenvalue weighted by molar-refractivity contribution is -0.288. The number of benzene rings is 2. The van der Waals surface area contributed by atoms with E-state index in [4.69, 9.17) is 42.3 Å². The van der Waals surface area contributed by atoms with Gasteiger partial charge in [0, 0.05) is 33.8 Å². The molecule has 15 heteroatoms. The fourth-order valence-corrected chi connectivity index (χ4v) is 4.64. The van der Waals surface area contributed by atoms with Crippen molar-refractivity contribution in [2.45, 2.75) is 58.4 Å². The van der Waals surface area contributed by atoms with Gasteiger partial charge in [0.1, 0.15) is 24.0 Å². The van der Waals surface area contributed by atoms with Crippen LogP contribution in [0.15, 0.2) is 57.7 Å². The van der Waals surface area contributed by atoms with E-state index in [-0.39, 0.29) is 28.0 Å². The van der Waals surface area contributed by atoms with Crippen LogP contribution in [0.1, 0.15) is 38.1 Å². The third kappa shape index (κ3) is 7.98. The predicted octanol–water partition coefficient (Wildman–Crippen LogP) is 2.48. The average Bonchev–Trinajstić information content (AvgIpc) is 2.99. The second-order valence-corrected chi connectivity index (χ2v) is 9.85. The van der Waals surface area contributed by atoms with Gasteiger partial charge < -0.3 is 42.3 Å². The van der Waals surface area contributed by atoms with Crippen LogP contribution in [-0.2, 0) is 42.9 Å². The van der Waals surface area contributed by atoms with Gasteiger partial charge in [-0.05, 0) is 24.3 Å². The Labute approximate surface area is 261 Å². The number of esters is 5. The van der Waals surface area contributed by atoms with Crippen LogP contribution in [0.2, 0.25) is 0 Å². The Morgan fingerprint density at radius 3 is 2.00 bits per heavy atom. The molecule has 0 spiro atoms. The zero-order valence-electron chi connectivity index (χ0n) is 25.3. The number of hydrogen-bond donors (Lipinski definition) is 0. The molecule has 1 fully saturated rings. The van der Waals surface area contributed by atoms with Gasteiger partial charge in [0.15, 0.2) is 18.0 Å². The Balaban J connectivity index is 1.71. The molecule has 0 bridgehead atoms. The molecule has 0 N–H and O–H groups in total. The first-order valence-corrected chi connectivity index (χ1v) is 13.8. The molecule has 1 saturated heterocycles. The van der Waals surface area contributed by atoms with Crippen LogP contribution in [0.5, 0.6) is 17.2 Å². The van der Waals surface area contributed by atoms with Crippen molar-refractivity contribution in [3.63, 3.8) is 0 Å². The maximum Gasteiger partial charge on any atom is 0.383 e. The van der Waals surface area contributed by atoms with Gasteiger partial charge in [-0.1, -0.05) is 18.2 Å².